The maximum Gasteiger partial charge on any atom is 0.274 e. The summed E-state index contributed by atoms with van der Waals surface area (Å²) >= 11 is 0. The lowest BCUT2D eigenvalue weighted by molar-refractivity contribution is -0.115. The topological polar surface area (TPSA) is 82.5 Å². The minimum absolute atomic E-state index is 0.0441. The Morgan fingerprint density at radius 3 is 2.41 bits per heavy atom. The Morgan fingerprint density at radius 1 is 1.11 bits per heavy atom. The number of nitrogens with zero attached hydrogens (tertiary/aromatic N) is 2. The number of amides is 1. The van der Waals surface area contributed by atoms with Crippen molar-refractivity contribution in [3.63, 3.8) is 0 Å². The van der Waals surface area contributed by atoms with Gasteiger partial charge in [0.1, 0.15) is 0 Å². The van der Waals surface area contributed by atoms with Gasteiger partial charge in [-0.25, -0.2) is 4.68 Å². The summed E-state index contributed by atoms with van der Waals surface area (Å²) in [6, 6.07) is 10.7. The van der Waals surface area contributed by atoms with E-state index in [4.69, 9.17) is 9.47 Å². The van der Waals surface area contributed by atoms with Crippen molar-refractivity contribution >= 4 is 22.4 Å². The summed E-state index contributed by atoms with van der Waals surface area (Å²) in [6.45, 7) is 1.87. The van der Waals surface area contributed by atoms with E-state index in [9.17, 15) is 9.59 Å². The smallest absolute Gasteiger partial charge is 0.274 e. The Bertz CT molecular complexity index is 1070. The van der Waals surface area contributed by atoms with Gasteiger partial charge in [-0.3, -0.25) is 9.59 Å². The van der Waals surface area contributed by atoms with E-state index in [1.165, 1.54) is 4.68 Å². The van der Waals surface area contributed by atoms with Crippen molar-refractivity contribution in [2.45, 2.75) is 13.3 Å². The molecule has 1 N–H and O–H groups in total. The van der Waals surface area contributed by atoms with Gasteiger partial charge in [0.15, 0.2) is 11.5 Å². The molecule has 0 saturated heterocycles. The van der Waals surface area contributed by atoms with Crippen molar-refractivity contribution in [1.82, 2.24) is 9.78 Å². The molecule has 3 aromatic rings. The molecular formula is C20H21N3O4. The van der Waals surface area contributed by atoms with E-state index in [2.05, 4.69) is 10.4 Å². The monoisotopic (exact) mass is 367 g/mol. The number of nitrogens with one attached hydrogen (secondary N) is 1. The van der Waals surface area contributed by atoms with Crippen LogP contribution in [-0.2, 0) is 18.3 Å². The summed E-state index contributed by atoms with van der Waals surface area (Å²) in [5.74, 6) is 0.893. The highest BCUT2D eigenvalue weighted by atomic mass is 16.5. The lowest BCUT2D eigenvalue weighted by Crippen LogP contribution is -2.24. The molecule has 7 nitrogen and oxygen atoms in total. The van der Waals surface area contributed by atoms with Crippen molar-refractivity contribution in [1.29, 1.82) is 0 Å². The molecule has 1 amide bonds. The molecule has 3 rings (SSSR count). The molecule has 1 aromatic heterocycles. The number of anilines is 1. The highest BCUT2D eigenvalue weighted by molar-refractivity contribution is 5.96. The average Bonchev–Trinajstić information content (AvgIpc) is 2.67. The van der Waals surface area contributed by atoms with Gasteiger partial charge < -0.3 is 14.8 Å². The average molecular weight is 367 g/mol. The lowest BCUT2D eigenvalue weighted by Gasteiger charge is -2.14. The van der Waals surface area contributed by atoms with Gasteiger partial charge in [-0.2, -0.15) is 5.10 Å². The van der Waals surface area contributed by atoms with E-state index in [1.54, 1.807) is 51.6 Å². The first-order valence-corrected chi connectivity index (χ1v) is 8.42. The number of benzene rings is 2. The molecule has 0 radical (unpaired) electrons. The largest absolute Gasteiger partial charge is 0.493 e. The van der Waals surface area contributed by atoms with Crippen molar-refractivity contribution in [2.75, 3.05) is 19.5 Å². The predicted octanol–water partition coefficient (Wildman–Crippen LogP) is 2.44. The van der Waals surface area contributed by atoms with E-state index in [1.807, 2.05) is 13.0 Å². The highest BCUT2D eigenvalue weighted by Gasteiger charge is 2.15. The first-order chi connectivity index (χ1) is 12.9. The van der Waals surface area contributed by atoms with Crippen LogP contribution in [-0.4, -0.2) is 29.9 Å². The first-order valence-electron chi connectivity index (χ1n) is 8.42. The molecule has 0 bridgehead atoms. The van der Waals surface area contributed by atoms with Crippen LogP contribution in [0.1, 0.15) is 11.3 Å². The van der Waals surface area contributed by atoms with Gasteiger partial charge in [0.2, 0.25) is 5.91 Å². The van der Waals surface area contributed by atoms with Crippen molar-refractivity contribution < 1.29 is 14.3 Å². The second-order valence-electron chi connectivity index (χ2n) is 6.17. The summed E-state index contributed by atoms with van der Waals surface area (Å²) in [5, 5.41) is 8.37. The minimum atomic E-state index is -0.235. The zero-order valence-electron chi connectivity index (χ0n) is 15.7. The summed E-state index contributed by atoms with van der Waals surface area (Å²) < 4.78 is 11.8. The molecule has 27 heavy (non-hydrogen) atoms. The van der Waals surface area contributed by atoms with Crippen molar-refractivity contribution in [2.24, 2.45) is 7.05 Å². The number of aryl methyl sites for hydroxylation is 2. The van der Waals surface area contributed by atoms with E-state index in [0.29, 0.717) is 33.7 Å². The van der Waals surface area contributed by atoms with Gasteiger partial charge in [-0.05, 0) is 24.6 Å². The fourth-order valence-electron chi connectivity index (χ4n) is 2.97. The molecule has 140 valence electrons. The number of fused-ring (bicyclic) bond motifs is 1. The van der Waals surface area contributed by atoms with Crippen LogP contribution in [0, 0.1) is 6.92 Å². The molecule has 1 heterocycles. The second-order valence-corrected chi connectivity index (χ2v) is 6.17. The predicted molar refractivity (Wildman–Crippen MR) is 104 cm³/mol. The summed E-state index contributed by atoms with van der Waals surface area (Å²) in [7, 11) is 4.68. The van der Waals surface area contributed by atoms with Gasteiger partial charge >= 0.3 is 0 Å². The fraction of sp³-hybridized carbons (Fsp3) is 0.250. The zero-order chi connectivity index (χ0) is 19.6. The molecule has 0 unspecified atom stereocenters. The summed E-state index contributed by atoms with van der Waals surface area (Å²) in [4.78, 5) is 24.8. The van der Waals surface area contributed by atoms with Crippen LogP contribution >= 0.6 is 0 Å². The van der Waals surface area contributed by atoms with Crippen LogP contribution in [0.5, 0.6) is 11.5 Å². The third-order valence-electron chi connectivity index (χ3n) is 4.37. The Kier molecular flexibility index (Phi) is 5.12. The third kappa shape index (κ3) is 3.62. The van der Waals surface area contributed by atoms with Crippen molar-refractivity contribution in [3.8, 4) is 11.5 Å². The summed E-state index contributed by atoms with van der Waals surface area (Å²) in [5.41, 5.74) is 1.83. The number of ether oxygens (including phenoxy) is 2. The van der Waals surface area contributed by atoms with Crippen LogP contribution < -0.4 is 20.3 Å². The maximum absolute atomic E-state index is 12.6. The van der Waals surface area contributed by atoms with Gasteiger partial charge in [0.05, 0.1) is 31.7 Å². The maximum atomic E-state index is 12.6. The zero-order valence-corrected chi connectivity index (χ0v) is 15.7. The third-order valence-corrected chi connectivity index (χ3v) is 4.37. The Hall–Kier alpha value is -3.35. The van der Waals surface area contributed by atoms with Gasteiger partial charge in [-0.1, -0.05) is 18.2 Å². The number of methoxy groups -OCH3 is 2. The molecule has 0 aliphatic carbocycles. The van der Waals surface area contributed by atoms with Gasteiger partial charge in [0, 0.05) is 24.2 Å². The number of carbonyl (C=O) groups excluding carboxylic acids is 1. The molecule has 0 aliphatic rings. The summed E-state index contributed by atoms with van der Waals surface area (Å²) in [6.07, 6.45) is 0.0441. The quantitative estimate of drug-likeness (QED) is 0.749. The molecule has 2 aromatic carbocycles. The van der Waals surface area contributed by atoms with E-state index in [0.717, 1.165) is 5.56 Å². The minimum Gasteiger partial charge on any atom is -0.493 e. The van der Waals surface area contributed by atoms with E-state index in [-0.39, 0.29) is 17.9 Å². The fourth-order valence-corrected chi connectivity index (χ4v) is 2.97. The van der Waals surface area contributed by atoms with Crippen LogP contribution in [0.15, 0.2) is 41.2 Å². The standard InChI is InChI=1S/C20H21N3O4/c1-12-9-17(26-3)18(27-4)10-15(12)21-19(24)11-16-13-7-5-6-8-14(13)20(25)23(2)22-16/h5-10H,11H2,1-4H3,(H,21,24). The van der Waals surface area contributed by atoms with Crippen LogP contribution in [0.3, 0.4) is 0 Å². The molecule has 0 spiro atoms. The van der Waals surface area contributed by atoms with Crippen LogP contribution in [0.4, 0.5) is 5.69 Å². The number of carbonyl (C=O) groups is 1. The number of hydrogen-bond acceptors (Lipinski definition) is 5. The molecule has 0 atom stereocenters. The van der Waals surface area contributed by atoms with Gasteiger partial charge in [0.25, 0.3) is 5.56 Å². The van der Waals surface area contributed by atoms with E-state index >= 15 is 0 Å². The van der Waals surface area contributed by atoms with Crippen LogP contribution in [0.25, 0.3) is 10.8 Å². The Morgan fingerprint density at radius 2 is 1.74 bits per heavy atom. The van der Waals surface area contributed by atoms with Crippen LogP contribution in [0.2, 0.25) is 0 Å². The molecule has 0 aliphatic heterocycles. The number of aromatic nitrogens is 2. The van der Waals surface area contributed by atoms with Crippen molar-refractivity contribution in [3.05, 3.63) is 58.0 Å². The Labute approximate surface area is 156 Å². The number of hydrogen-bond donors (Lipinski definition) is 1. The number of rotatable bonds is 5. The highest BCUT2D eigenvalue weighted by Crippen LogP contribution is 2.33. The Balaban J connectivity index is 1.90. The molecule has 7 heteroatoms. The molecule has 0 saturated carbocycles. The second kappa shape index (κ2) is 7.49. The molecular weight excluding hydrogens is 346 g/mol. The molecule has 0 fully saturated rings. The first kappa shape index (κ1) is 18.4. The van der Waals surface area contributed by atoms with Gasteiger partial charge in [-0.15, -0.1) is 0 Å². The van der Waals surface area contributed by atoms with E-state index < -0.39 is 0 Å². The lowest BCUT2D eigenvalue weighted by atomic mass is 10.1. The SMILES string of the molecule is COc1cc(C)c(NC(=O)Cc2nn(C)c(=O)c3ccccc23)cc1OC. The normalized spacial score (nSPS) is 10.7.